The zero-order chi connectivity index (χ0) is 18.6. The minimum absolute atomic E-state index is 0.0255. The van der Waals surface area contributed by atoms with Crippen molar-refractivity contribution in [2.75, 3.05) is 19.4 Å². The lowest BCUT2D eigenvalue weighted by atomic mass is 9.74. The van der Waals surface area contributed by atoms with E-state index < -0.39 is 11.4 Å². The number of hydrogen-bond donors (Lipinski definition) is 1. The lowest BCUT2D eigenvalue weighted by Gasteiger charge is -2.25. The number of carbonyl (C=O) groups excluding carboxylic acids is 2. The average molecular weight is 349 g/mol. The Balaban J connectivity index is 2.13. The van der Waals surface area contributed by atoms with Crippen LogP contribution in [0.5, 0.6) is 0 Å². The molecule has 7 heteroatoms. The third-order valence-corrected chi connectivity index (χ3v) is 4.92. The molecular weight excluding hydrogens is 334 g/mol. The number of allylic oxidation sites excluding steroid dienone is 1. The standard InChI is InChI=1S/C19H15N3O4/c1-4-9-22-10(2)13(16(23)25-3)19(17(22)24)12-8-6-5-7-11(12)14-15(19)21-18(20)26-14/h1,5-8H,9H2,2-3H3,(H2,20,21)/t19-/m0/s1. The van der Waals surface area contributed by atoms with Crippen molar-refractivity contribution in [2.45, 2.75) is 12.3 Å². The molecule has 1 atom stereocenters. The summed E-state index contributed by atoms with van der Waals surface area (Å²) in [6.45, 7) is 1.69. The van der Waals surface area contributed by atoms with Crippen LogP contribution in [0.15, 0.2) is 40.0 Å². The average Bonchev–Trinajstić information content (AvgIpc) is 3.21. The third-order valence-electron chi connectivity index (χ3n) is 4.92. The van der Waals surface area contributed by atoms with E-state index in [-0.39, 0.29) is 24.0 Å². The summed E-state index contributed by atoms with van der Waals surface area (Å²) in [6, 6.07) is 7.10. The number of ether oxygens (including phenoxy) is 1. The number of anilines is 1. The maximum absolute atomic E-state index is 13.6. The molecule has 1 amide bonds. The van der Waals surface area contributed by atoms with Gasteiger partial charge in [-0.05, 0) is 12.5 Å². The molecule has 1 aromatic carbocycles. The molecule has 0 bridgehead atoms. The number of carbonyl (C=O) groups is 2. The zero-order valence-corrected chi connectivity index (χ0v) is 14.2. The Morgan fingerprint density at radius 2 is 2.19 bits per heavy atom. The quantitative estimate of drug-likeness (QED) is 0.651. The van der Waals surface area contributed by atoms with Crippen LogP contribution in [0.3, 0.4) is 0 Å². The van der Waals surface area contributed by atoms with Crippen LogP contribution >= 0.6 is 0 Å². The van der Waals surface area contributed by atoms with Crippen LogP contribution in [0.25, 0.3) is 11.3 Å². The largest absolute Gasteiger partial charge is 0.466 e. The molecule has 0 unspecified atom stereocenters. The minimum atomic E-state index is -1.47. The van der Waals surface area contributed by atoms with Gasteiger partial charge < -0.3 is 19.8 Å². The molecule has 0 radical (unpaired) electrons. The van der Waals surface area contributed by atoms with Crippen molar-refractivity contribution in [1.82, 2.24) is 9.88 Å². The zero-order valence-electron chi connectivity index (χ0n) is 14.2. The number of esters is 1. The molecule has 7 nitrogen and oxygen atoms in total. The Kier molecular flexibility index (Phi) is 3.21. The summed E-state index contributed by atoms with van der Waals surface area (Å²) in [5.74, 6) is 1.84. The number of nitrogen functional groups attached to an aromatic ring is 1. The van der Waals surface area contributed by atoms with Gasteiger partial charge in [-0.25, -0.2) is 4.79 Å². The molecular formula is C19H15N3O4. The van der Waals surface area contributed by atoms with Crippen LogP contribution in [0.1, 0.15) is 18.2 Å². The van der Waals surface area contributed by atoms with Crippen molar-refractivity contribution in [3.8, 4) is 23.7 Å². The summed E-state index contributed by atoms with van der Waals surface area (Å²) in [4.78, 5) is 31.9. The molecule has 1 spiro atoms. The van der Waals surface area contributed by atoms with E-state index in [0.29, 0.717) is 28.3 Å². The number of hydrogen-bond acceptors (Lipinski definition) is 6. The van der Waals surface area contributed by atoms with E-state index in [9.17, 15) is 9.59 Å². The summed E-state index contributed by atoms with van der Waals surface area (Å²) in [7, 11) is 1.27. The van der Waals surface area contributed by atoms with Crippen molar-refractivity contribution in [2.24, 2.45) is 0 Å². The van der Waals surface area contributed by atoms with Gasteiger partial charge in [0.05, 0.1) is 19.2 Å². The predicted octanol–water partition coefficient (Wildman–Crippen LogP) is 1.45. The fourth-order valence-corrected chi connectivity index (χ4v) is 3.93. The van der Waals surface area contributed by atoms with E-state index in [1.165, 1.54) is 12.0 Å². The Hall–Kier alpha value is -3.53. The van der Waals surface area contributed by atoms with Crippen molar-refractivity contribution in [3.05, 3.63) is 46.8 Å². The van der Waals surface area contributed by atoms with E-state index in [0.717, 1.165) is 0 Å². The number of rotatable bonds is 2. The predicted molar refractivity (Wildman–Crippen MR) is 92.4 cm³/mol. The van der Waals surface area contributed by atoms with E-state index in [4.69, 9.17) is 21.3 Å². The van der Waals surface area contributed by atoms with E-state index >= 15 is 0 Å². The molecule has 4 rings (SSSR count). The topological polar surface area (TPSA) is 98.7 Å². The summed E-state index contributed by atoms with van der Waals surface area (Å²) in [5, 5.41) is 0. The van der Waals surface area contributed by atoms with E-state index in [1.54, 1.807) is 25.1 Å². The van der Waals surface area contributed by atoms with Gasteiger partial charge >= 0.3 is 5.97 Å². The summed E-state index contributed by atoms with van der Waals surface area (Å²) in [6.07, 6.45) is 5.43. The maximum atomic E-state index is 13.6. The second-order valence-electron chi connectivity index (χ2n) is 6.07. The molecule has 0 saturated heterocycles. The van der Waals surface area contributed by atoms with Crippen molar-refractivity contribution < 1.29 is 18.7 Å². The first kappa shape index (κ1) is 16.0. The molecule has 1 aromatic heterocycles. The van der Waals surface area contributed by atoms with Crippen LogP contribution in [0.2, 0.25) is 0 Å². The Morgan fingerprint density at radius 3 is 2.88 bits per heavy atom. The molecule has 2 N–H and O–H groups in total. The number of terminal acetylenes is 1. The van der Waals surface area contributed by atoms with Crippen molar-refractivity contribution >= 4 is 17.9 Å². The van der Waals surface area contributed by atoms with Gasteiger partial charge in [0.2, 0.25) is 5.91 Å². The number of amides is 1. The van der Waals surface area contributed by atoms with Crippen LogP contribution in [0.4, 0.5) is 6.01 Å². The van der Waals surface area contributed by atoms with Crippen molar-refractivity contribution in [3.63, 3.8) is 0 Å². The SMILES string of the molecule is C#CCN1C(=O)[C@]2(C(C(=O)OC)=C1C)c1ccccc1-c1oc(N)nc12. The van der Waals surface area contributed by atoms with Gasteiger partial charge in [0.15, 0.2) is 11.2 Å². The van der Waals surface area contributed by atoms with Gasteiger partial charge in [-0.2, -0.15) is 4.98 Å². The van der Waals surface area contributed by atoms with E-state index in [1.807, 2.05) is 6.07 Å². The molecule has 1 aliphatic carbocycles. The lowest BCUT2D eigenvalue weighted by molar-refractivity contribution is -0.138. The first-order valence-corrected chi connectivity index (χ1v) is 7.90. The first-order valence-electron chi connectivity index (χ1n) is 7.90. The Labute approximate surface area is 149 Å². The smallest absolute Gasteiger partial charge is 0.337 e. The molecule has 1 aliphatic heterocycles. The Bertz CT molecular complexity index is 1040. The highest BCUT2D eigenvalue weighted by molar-refractivity contribution is 6.14. The van der Waals surface area contributed by atoms with Crippen LogP contribution < -0.4 is 5.73 Å². The van der Waals surface area contributed by atoms with Crippen LogP contribution in [0, 0.1) is 12.3 Å². The number of benzene rings is 1. The fourth-order valence-electron chi connectivity index (χ4n) is 3.93. The normalized spacial score (nSPS) is 20.3. The second-order valence-corrected chi connectivity index (χ2v) is 6.07. The molecule has 2 aromatic rings. The summed E-state index contributed by atoms with van der Waals surface area (Å²) >= 11 is 0. The minimum Gasteiger partial charge on any atom is -0.466 e. The maximum Gasteiger partial charge on any atom is 0.337 e. The highest BCUT2D eigenvalue weighted by Gasteiger charge is 2.63. The summed E-state index contributed by atoms with van der Waals surface area (Å²) in [5.41, 5.74) is 6.46. The van der Waals surface area contributed by atoms with Crippen LogP contribution in [-0.2, 0) is 19.7 Å². The highest BCUT2D eigenvalue weighted by atomic mass is 16.5. The highest BCUT2D eigenvalue weighted by Crippen LogP contribution is 2.57. The monoisotopic (exact) mass is 349 g/mol. The first-order chi connectivity index (χ1) is 12.5. The Morgan fingerprint density at radius 1 is 1.46 bits per heavy atom. The van der Waals surface area contributed by atoms with Gasteiger partial charge in [0.1, 0.15) is 5.69 Å². The number of nitrogens with zero attached hydrogens (tertiary/aromatic N) is 2. The molecule has 130 valence electrons. The van der Waals surface area contributed by atoms with Gasteiger partial charge in [-0.15, -0.1) is 6.42 Å². The number of nitrogens with two attached hydrogens (primary N) is 1. The second kappa shape index (κ2) is 5.23. The molecule has 26 heavy (non-hydrogen) atoms. The number of methoxy groups -OCH3 is 1. The third kappa shape index (κ3) is 1.66. The molecule has 0 fully saturated rings. The molecule has 2 heterocycles. The fraction of sp³-hybridized carbons (Fsp3) is 0.211. The van der Waals surface area contributed by atoms with E-state index in [2.05, 4.69) is 10.9 Å². The number of fused-ring (bicyclic) bond motifs is 5. The van der Waals surface area contributed by atoms with Gasteiger partial charge in [-0.1, -0.05) is 30.2 Å². The van der Waals surface area contributed by atoms with Gasteiger partial charge in [0.25, 0.3) is 6.01 Å². The summed E-state index contributed by atoms with van der Waals surface area (Å²) < 4.78 is 10.5. The van der Waals surface area contributed by atoms with Crippen LogP contribution in [-0.4, -0.2) is 35.4 Å². The number of aromatic nitrogens is 1. The molecule has 2 aliphatic rings. The lowest BCUT2D eigenvalue weighted by Crippen LogP contribution is -2.42. The van der Waals surface area contributed by atoms with Gasteiger partial charge in [-0.3, -0.25) is 4.79 Å². The van der Waals surface area contributed by atoms with Crippen molar-refractivity contribution in [1.29, 1.82) is 0 Å². The van der Waals surface area contributed by atoms with Gasteiger partial charge in [0, 0.05) is 11.3 Å². The molecule has 0 saturated carbocycles. The number of oxazole rings is 1.